The molecule has 6 heteroatoms. The number of hydrogen-bond donors (Lipinski definition) is 2. The summed E-state index contributed by atoms with van der Waals surface area (Å²) >= 11 is 0. The van der Waals surface area contributed by atoms with Crippen molar-refractivity contribution in [3.05, 3.63) is 0 Å². The van der Waals surface area contributed by atoms with Gasteiger partial charge in [-0.2, -0.15) is 0 Å². The van der Waals surface area contributed by atoms with Crippen molar-refractivity contribution >= 4 is 10.0 Å². The van der Waals surface area contributed by atoms with E-state index in [9.17, 15) is 13.5 Å². The van der Waals surface area contributed by atoms with Gasteiger partial charge in [-0.3, -0.25) is 0 Å². The summed E-state index contributed by atoms with van der Waals surface area (Å²) in [6.07, 6.45) is 4.88. The first-order chi connectivity index (χ1) is 8.87. The summed E-state index contributed by atoms with van der Waals surface area (Å²) in [6, 6.07) is 0.363. The van der Waals surface area contributed by atoms with Crippen molar-refractivity contribution < 1.29 is 13.5 Å². The molecule has 114 valence electrons. The number of aliphatic hydroxyl groups excluding tert-OH is 1. The molecular formula is C13H28N2O3S. The van der Waals surface area contributed by atoms with E-state index >= 15 is 0 Å². The molecular weight excluding hydrogens is 264 g/mol. The Morgan fingerprint density at radius 1 is 1.26 bits per heavy atom. The summed E-state index contributed by atoms with van der Waals surface area (Å²) < 4.78 is 24.4. The minimum atomic E-state index is -3.04. The Kier molecular flexibility index (Phi) is 6.23. The third-order valence-corrected chi connectivity index (χ3v) is 5.83. The van der Waals surface area contributed by atoms with E-state index in [1.54, 1.807) is 4.31 Å². The fraction of sp³-hybridized carbons (Fsp3) is 1.00. The molecule has 0 aromatic rings. The summed E-state index contributed by atoms with van der Waals surface area (Å²) in [5, 5.41) is 13.0. The van der Waals surface area contributed by atoms with Gasteiger partial charge in [-0.1, -0.05) is 13.8 Å². The molecule has 1 saturated heterocycles. The number of rotatable bonds is 7. The second-order valence-electron chi connectivity index (χ2n) is 5.68. The SMILES string of the molecule is CCC(CC)(CO)CNC1CCN(S(C)(=O)=O)CC1. The van der Waals surface area contributed by atoms with Crippen LogP contribution in [0, 0.1) is 5.41 Å². The Morgan fingerprint density at radius 3 is 2.16 bits per heavy atom. The monoisotopic (exact) mass is 292 g/mol. The molecule has 19 heavy (non-hydrogen) atoms. The summed E-state index contributed by atoms with van der Waals surface area (Å²) in [5.74, 6) is 0. The van der Waals surface area contributed by atoms with Crippen LogP contribution >= 0.6 is 0 Å². The van der Waals surface area contributed by atoms with Crippen LogP contribution in [0.3, 0.4) is 0 Å². The molecule has 5 nitrogen and oxygen atoms in total. The average molecular weight is 292 g/mol. The number of hydrogen-bond acceptors (Lipinski definition) is 4. The van der Waals surface area contributed by atoms with Crippen LogP contribution in [0.1, 0.15) is 39.5 Å². The highest BCUT2D eigenvalue weighted by molar-refractivity contribution is 7.88. The predicted octanol–water partition coefficient (Wildman–Crippen LogP) is 0.799. The molecule has 2 N–H and O–H groups in total. The van der Waals surface area contributed by atoms with E-state index < -0.39 is 10.0 Å². The van der Waals surface area contributed by atoms with Crippen LogP contribution in [-0.4, -0.2) is 56.4 Å². The van der Waals surface area contributed by atoms with Gasteiger partial charge >= 0.3 is 0 Å². The van der Waals surface area contributed by atoms with Crippen LogP contribution in [0.5, 0.6) is 0 Å². The lowest BCUT2D eigenvalue weighted by Gasteiger charge is -2.35. The quantitative estimate of drug-likeness (QED) is 0.728. The first-order valence-electron chi connectivity index (χ1n) is 7.16. The molecule has 0 aromatic heterocycles. The molecule has 0 aliphatic carbocycles. The van der Waals surface area contributed by atoms with Gasteiger partial charge in [0.05, 0.1) is 6.26 Å². The molecule has 1 rings (SSSR count). The zero-order chi connectivity index (χ0) is 14.5. The molecule has 1 aliphatic rings. The van der Waals surface area contributed by atoms with E-state index in [0.29, 0.717) is 19.1 Å². The maximum atomic E-state index is 11.4. The lowest BCUT2D eigenvalue weighted by atomic mass is 9.83. The fourth-order valence-corrected chi connectivity index (χ4v) is 3.41. The maximum Gasteiger partial charge on any atom is 0.211 e. The van der Waals surface area contributed by atoms with E-state index in [-0.39, 0.29) is 12.0 Å². The molecule has 1 fully saturated rings. The molecule has 0 saturated carbocycles. The maximum absolute atomic E-state index is 11.4. The van der Waals surface area contributed by atoms with Crippen molar-refractivity contribution in [1.82, 2.24) is 9.62 Å². The third-order valence-electron chi connectivity index (χ3n) is 4.52. The van der Waals surface area contributed by atoms with Crippen molar-refractivity contribution in [3.63, 3.8) is 0 Å². The highest BCUT2D eigenvalue weighted by Crippen LogP contribution is 2.25. The van der Waals surface area contributed by atoms with Gasteiger partial charge in [-0.15, -0.1) is 0 Å². The molecule has 0 amide bonds. The Balaban J connectivity index is 2.41. The summed E-state index contributed by atoms with van der Waals surface area (Å²) in [7, 11) is -3.04. The lowest BCUT2D eigenvalue weighted by Crippen LogP contribution is -2.47. The van der Waals surface area contributed by atoms with Gasteiger partial charge in [0.15, 0.2) is 0 Å². The molecule has 0 bridgehead atoms. The van der Waals surface area contributed by atoms with Gasteiger partial charge in [-0.25, -0.2) is 12.7 Å². The Labute approximate surface area is 117 Å². The number of aliphatic hydroxyl groups is 1. The zero-order valence-electron chi connectivity index (χ0n) is 12.4. The smallest absolute Gasteiger partial charge is 0.211 e. The highest BCUT2D eigenvalue weighted by atomic mass is 32.2. The van der Waals surface area contributed by atoms with E-state index in [2.05, 4.69) is 19.2 Å². The number of sulfonamides is 1. The van der Waals surface area contributed by atoms with Crippen LogP contribution in [0.2, 0.25) is 0 Å². The van der Waals surface area contributed by atoms with Gasteiger partial charge < -0.3 is 10.4 Å². The van der Waals surface area contributed by atoms with Gasteiger partial charge in [0.1, 0.15) is 0 Å². The number of nitrogens with one attached hydrogen (secondary N) is 1. The topological polar surface area (TPSA) is 69.6 Å². The van der Waals surface area contributed by atoms with Crippen LogP contribution in [0.15, 0.2) is 0 Å². The van der Waals surface area contributed by atoms with Crippen molar-refractivity contribution in [3.8, 4) is 0 Å². The minimum absolute atomic E-state index is 0.0338. The molecule has 0 aromatic carbocycles. The van der Waals surface area contributed by atoms with Gasteiger partial charge in [-0.05, 0) is 25.7 Å². The van der Waals surface area contributed by atoms with Crippen molar-refractivity contribution in [2.75, 3.05) is 32.5 Å². The van der Waals surface area contributed by atoms with Gasteiger partial charge in [0, 0.05) is 37.7 Å². The molecule has 0 atom stereocenters. The van der Waals surface area contributed by atoms with Gasteiger partial charge in [0.2, 0.25) is 10.0 Å². The standard InChI is InChI=1S/C13H28N2O3S/c1-4-13(5-2,11-16)10-14-12-6-8-15(9-7-12)19(3,17)18/h12,14,16H,4-11H2,1-3H3. The van der Waals surface area contributed by atoms with Crippen molar-refractivity contribution in [1.29, 1.82) is 0 Å². The Hall–Kier alpha value is -0.170. The fourth-order valence-electron chi connectivity index (χ4n) is 2.53. The van der Waals surface area contributed by atoms with Crippen molar-refractivity contribution in [2.45, 2.75) is 45.6 Å². The Morgan fingerprint density at radius 2 is 1.79 bits per heavy atom. The largest absolute Gasteiger partial charge is 0.396 e. The molecule has 1 heterocycles. The third kappa shape index (κ3) is 4.70. The van der Waals surface area contributed by atoms with Crippen LogP contribution < -0.4 is 5.32 Å². The lowest BCUT2D eigenvalue weighted by molar-refractivity contribution is 0.106. The molecule has 0 radical (unpaired) electrons. The molecule has 0 unspecified atom stereocenters. The minimum Gasteiger partial charge on any atom is -0.396 e. The van der Waals surface area contributed by atoms with Crippen molar-refractivity contribution in [2.24, 2.45) is 5.41 Å². The summed E-state index contributed by atoms with van der Waals surface area (Å²) in [4.78, 5) is 0. The second kappa shape index (κ2) is 7.02. The predicted molar refractivity (Wildman–Crippen MR) is 77.5 cm³/mol. The van der Waals surface area contributed by atoms with E-state index in [1.807, 2.05) is 0 Å². The number of piperidine rings is 1. The zero-order valence-corrected chi connectivity index (χ0v) is 13.2. The summed E-state index contributed by atoms with van der Waals surface area (Å²) in [6.45, 7) is 6.41. The normalized spacial score (nSPS) is 19.8. The molecule has 1 aliphatic heterocycles. The van der Waals surface area contributed by atoms with Crippen LogP contribution in [-0.2, 0) is 10.0 Å². The Bertz CT molecular complexity index is 350. The van der Waals surface area contributed by atoms with Gasteiger partial charge in [0.25, 0.3) is 0 Å². The van der Waals surface area contributed by atoms with E-state index in [1.165, 1.54) is 6.26 Å². The average Bonchev–Trinajstić information content (AvgIpc) is 2.40. The highest BCUT2D eigenvalue weighted by Gasteiger charge is 2.29. The first kappa shape index (κ1) is 16.9. The van der Waals surface area contributed by atoms with E-state index in [0.717, 1.165) is 32.2 Å². The van der Waals surface area contributed by atoms with E-state index in [4.69, 9.17) is 0 Å². The van der Waals surface area contributed by atoms with Crippen LogP contribution in [0.4, 0.5) is 0 Å². The number of nitrogens with zero attached hydrogens (tertiary/aromatic N) is 1. The second-order valence-corrected chi connectivity index (χ2v) is 7.66. The van der Waals surface area contributed by atoms with Crippen LogP contribution in [0.25, 0.3) is 0 Å². The molecule has 0 spiro atoms. The first-order valence-corrected chi connectivity index (χ1v) is 9.01. The summed E-state index contributed by atoms with van der Waals surface area (Å²) in [5.41, 5.74) is -0.0338.